The van der Waals surface area contributed by atoms with Gasteiger partial charge in [-0.25, -0.2) is 8.42 Å². The monoisotopic (exact) mass is 399 g/mol. The van der Waals surface area contributed by atoms with E-state index in [1.54, 1.807) is 0 Å². The van der Waals surface area contributed by atoms with Crippen LogP contribution in [0.5, 0.6) is 0 Å². The number of hydrogen-bond acceptors (Lipinski definition) is 4. The molecular formula is C19H26ClNO4S. The second kappa shape index (κ2) is 8.11. The van der Waals surface area contributed by atoms with Crippen molar-refractivity contribution in [3.05, 3.63) is 39.9 Å². The minimum atomic E-state index is -3.60. The number of aryl methyl sites for hydroxylation is 2. The van der Waals surface area contributed by atoms with Crippen LogP contribution in [0.1, 0.15) is 35.1 Å². The maximum absolute atomic E-state index is 13.2. The summed E-state index contributed by atoms with van der Waals surface area (Å²) in [5.41, 5.74) is 3.50. The van der Waals surface area contributed by atoms with Crippen molar-refractivity contribution in [2.45, 2.75) is 45.4 Å². The fraction of sp³-hybridized carbons (Fsp3) is 0.526. The number of benzene rings is 1. The first-order valence-corrected chi connectivity index (χ1v) is 10.4. The molecule has 2 rings (SSSR count). The molecule has 0 spiro atoms. The summed E-state index contributed by atoms with van der Waals surface area (Å²) >= 11 is 5.61. The summed E-state index contributed by atoms with van der Waals surface area (Å²) in [6, 6.07) is 2.01. The third-order valence-corrected chi connectivity index (χ3v) is 7.34. The lowest BCUT2D eigenvalue weighted by Crippen LogP contribution is -2.41. The molecule has 0 bridgehead atoms. The van der Waals surface area contributed by atoms with Gasteiger partial charge >= 0.3 is 5.97 Å². The lowest BCUT2D eigenvalue weighted by molar-refractivity contribution is -0.148. The molecule has 144 valence electrons. The minimum absolute atomic E-state index is 0.0140. The Bertz CT molecular complexity index is 798. The van der Waals surface area contributed by atoms with Crippen LogP contribution in [0.3, 0.4) is 0 Å². The Morgan fingerprint density at radius 1 is 1.19 bits per heavy atom. The highest BCUT2D eigenvalue weighted by atomic mass is 35.5. The predicted molar refractivity (Wildman–Crippen MR) is 103 cm³/mol. The number of ether oxygens (including phenoxy) is 1. The summed E-state index contributed by atoms with van der Waals surface area (Å²) in [5.74, 6) is -0.651. The van der Waals surface area contributed by atoms with Crippen LogP contribution < -0.4 is 0 Å². The third-order valence-electron chi connectivity index (χ3n) is 5.05. The van der Waals surface area contributed by atoms with Gasteiger partial charge in [0, 0.05) is 18.1 Å². The molecule has 1 heterocycles. The molecule has 0 aliphatic carbocycles. The first-order chi connectivity index (χ1) is 12.1. The van der Waals surface area contributed by atoms with E-state index in [9.17, 15) is 13.2 Å². The third kappa shape index (κ3) is 4.30. The van der Waals surface area contributed by atoms with Gasteiger partial charge < -0.3 is 4.74 Å². The highest BCUT2D eigenvalue weighted by Crippen LogP contribution is 2.31. The van der Waals surface area contributed by atoms with Gasteiger partial charge in [0.1, 0.15) is 6.61 Å². The summed E-state index contributed by atoms with van der Waals surface area (Å²) in [6.45, 7) is 11.6. The fourth-order valence-corrected chi connectivity index (χ4v) is 5.40. The Kier molecular flexibility index (Phi) is 6.53. The number of hydrogen-bond donors (Lipinski definition) is 0. The zero-order chi connectivity index (χ0) is 19.6. The average molecular weight is 400 g/mol. The zero-order valence-electron chi connectivity index (χ0n) is 15.8. The number of nitrogens with zero attached hydrogens (tertiary/aromatic N) is 1. The number of esters is 1. The number of carbonyl (C=O) groups is 1. The van der Waals surface area contributed by atoms with E-state index in [4.69, 9.17) is 16.3 Å². The molecule has 1 aromatic carbocycles. The van der Waals surface area contributed by atoms with Crippen molar-refractivity contribution in [1.29, 1.82) is 0 Å². The molecule has 1 aliphatic heterocycles. The lowest BCUT2D eigenvalue weighted by Gasteiger charge is -2.31. The first-order valence-electron chi connectivity index (χ1n) is 8.63. The van der Waals surface area contributed by atoms with Crippen molar-refractivity contribution in [3.63, 3.8) is 0 Å². The van der Waals surface area contributed by atoms with Crippen molar-refractivity contribution < 1.29 is 17.9 Å². The van der Waals surface area contributed by atoms with Crippen LogP contribution in [0.4, 0.5) is 0 Å². The number of sulfonamides is 1. The maximum Gasteiger partial charge on any atom is 0.309 e. The van der Waals surface area contributed by atoms with E-state index in [0.717, 1.165) is 22.3 Å². The van der Waals surface area contributed by atoms with E-state index in [0.29, 0.717) is 30.8 Å². The Labute approximate surface area is 161 Å². The van der Waals surface area contributed by atoms with Crippen LogP contribution >= 0.6 is 11.6 Å². The molecule has 0 amide bonds. The maximum atomic E-state index is 13.2. The SMILES string of the molecule is C=C(Cl)COC(=O)C1CCN(S(=O)(=O)c2c(C)c(C)cc(C)c2C)CC1. The van der Waals surface area contributed by atoms with Crippen LogP contribution in [0, 0.1) is 33.6 Å². The molecule has 1 fully saturated rings. The van der Waals surface area contributed by atoms with Gasteiger partial charge in [0.2, 0.25) is 10.0 Å². The fourth-order valence-electron chi connectivity index (χ4n) is 3.30. The Morgan fingerprint density at radius 3 is 2.15 bits per heavy atom. The second-order valence-corrected chi connectivity index (χ2v) is 9.30. The van der Waals surface area contributed by atoms with Crippen LogP contribution in [-0.4, -0.2) is 38.4 Å². The largest absolute Gasteiger partial charge is 0.460 e. The van der Waals surface area contributed by atoms with Crippen LogP contribution in [0.15, 0.2) is 22.6 Å². The van der Waals surface area contributed by atoms with Crippen molar-refractivity contribution in [1.82, 2.24) is 4.31 Å². The molecule has 1 aromatic rings. The topological polar surface area (TPSA) is 63.7 Å². The van der Waals surface area contributed by atoms with E-state index >= 15 is 0 Å². The molecule has 0 radical (unpaired) electrons. The van der Waals surface area contributed by atoms with Crippen LogP contribution in [-0.2, 0) is 19.6 Å². The van der Waals surface area contributed by atoms with Gasteiger partial charge in [0.25, 0.3) is 0 Å². The van der Waals surface area contributed by atoms with Crippen molar-refractivity contribution in [2.24, 2.45) is 5.92 Å². The molecule has 0 aromatic heterocycles. The number of rotatable bonds is 5. The van der Waals surface area contributed by atoms with E-state index in [1.807, 2.05) is 33.8 Å². The molecule has 0 saturated carbocycles. The number of halogens is 1. The standard InChI is InChI=1S/C19H26ClNO4S/c1-12-10-13(2)16(5)18(15(12)4)26(23,24)21-8-6-17(7-9-21)19(22)25-11-14(3)20/h10,17H,3,6-9,11H2,1-2,4-5H3. The molecule has 5 nitrogen and oxygen atoms in total. The van der Waals surface area contributed by atoms with Crippen molar-refractivity contribution >= 4 is 27.6 Å². The van der Waals surface area contributed by atoms with Crippen LogP contribution in [0.2, 0.25) is 0 Å². The van der Waals surface area contributed by atoms with Gasteiger partial charge in [-0.15, -0.1) is 0 Å². The molecule has 1 saturated heterocycles. The van der Waals surface area contributed by atoms with E-state index in [-0.39, 0.29) is 23.5 Å². The van der Waals surface area contributed by atoms with Gasteiger partial charge in [-0.05, 0) is 62.8 Å². The Hall–Kier alpha value is -1.37. The molecule has 1 aliphatic rings. The summed E-state index contributed by atoms with van der Waals surface area (Å²) in [5, 5.41) is 0.263. The van der Waals surface area contributed by atoms with Crippen LogP contribution in [0.25, 0.3) is 0 Å². The number of piperidine rings is 1. The molecule has 0 unspecified atom stereocenters. The van der Waals surface area contributed by atoms with E-state index in [2.05, 4.69) is 6.58 Å². The predicted octanol–water partition coefficient (Wildman–Crippen LogP) is 3.62. The molecule has 7 heteroatoms. The van der Waals surface area contributed by atoms with Gasteiger partial charge in [-0.3, -0.25) is 4.79 Å². The molecule has 0 N–H and O–H groups in total. The van der Waals surface area contributed by atoms with Crippen molar-refractivity contribution in [2.75, 3.05) is 19.7 Å². The molecule has 26 heavy (non-hydrogen) atoms. The summed E-state index contributed by atoms with van der Waals surface area (Å²) in [4.78, 5) is 12.4. The quantitative estimate of drug-likeness (QED) is 0.709. The number of carbonyl (C=O) groups excluding carboxylic acids is 1. The van der Waals surface area contributed by atoms with Gasteiger partial charge in [-0.2, -0.15) is 4.31 Å². The highest BCUT2D eigenvalue weighted by molar-refractivity contribution is 7.89. The van der Waals surface area contributed by atoms with Gasteiger partial charge in [0.15, 0.2) is 0 Å². The summed E-state index contributed by atoms with van der Waals surface area (Å²) in [7, 11) is -3.60. The normalized spacial score (nSPS) is 16.5. The Balaban J connectivity index is 2.17. The Morgan fingerprint density at radius 2 is 1.69 bits per heavy atom. The first kappa shape index (κ1) is 20.9. The van der Waals surface area contributed by atoms with Gasteiger partial charge in [0.05, 0.1) is 10.8 Å². The molecule has 0 atom stereocenters. The van der Waals surface area contributed by atoms with Gasteiger partial charge in [-0.1, -0.05) is 24.2 Å². The highest BCUT2D eigenvalue weighted by Gasteiger charge is 2.34. The average Bonchev–Trinajstić information content (AvgIpc) is 2.58. The minimum Gasteiger partial charge on any atom is -0.460 e. The van der Waals surface area contributed by atoms with Crippen molar-refractivity contribution in [3.8, 4) is 0 Å². The molecular weight excluding hydrogens is 374 g/mol. The zero-order valence-corrected chi connectivity index (χ0v) is 17.3. The lowest BCUT2D eigenvalue weighted by atomic mass is 9.98. The summed E-state index contributed by atoms with van der Waals surface area (Å²) in [6.07, 6.45) is 0.880. The van der Waals surface area contributed by atoms with E-state index < -0.39 is 10.0 Å². The van der Waals surface area contributed by atoms with E-state index in [1.165, 1.54) is 4.31 Å². The smallest absolute Gasteiger partial charge is 0.309 e. The summed E-state index contributed by atoms with van der Waals surface area (Å²) < 4.78 is 33.0. The second-order valence-electron chi connectivity index (χ2n) is 6.89.